The van der Waals surface area contributed by atoms with Crippen LogP contribution in [-0.4, -0.2) is 36.3 Å². The van der Waals surface area contributed by atoms with Crippen molar-refractivity contribution >= 4 is 27.7 Å². The number of halogens is 2. The van der Waals surface area contributed by atoms with E-state index < -0.39 is 5.82 Å². The Labute approximate surface area is 119 Å². The van der Waals surface area contributed by atoms with Crippen molar-refractivity contribution < 1.29 is 14.0 Å². The fraction of sp³-hybridized carbons (Fsp3) is 0.385. The maximum atomic E-state index is 12.9. The van der Waals surface area contributed by atoms with E-state index in [-0.39, 0.29) is 18.4 Å². The molecule has 0 saturated carbocycles. The van der Waals surface area contributed by atoms with E-state index >= 15 is 0 Å². The number of likely N-dealkylation sites (tertiary alicyclic amines) is 1. The van der Waals surface area contributed by atoms with Crippen LogP contribution in [0.5, 0.6) is 0 Å². The highest BCUT2D eigenvalue weighted by molar-refractivity contribution is 9.10. The monoisotopic (exact) mass is 328 g/mol. The summed E-state index contributed by atoms with van der Waals surface area (Å²) in [6.07, 6.45) is 2.03. The summed E-state index contributed by atoms with van der Waals surface area (Å²) in [5.41, 5.74) is 0.315. The third-order valence-electron chi connectivity index (χ3n) is 3.03. The topological polar surface area (TPSA) is 49.4 Å². The molecule has 19 heavy (non-hydrogen) atoms. The zero-order valence-corrected chi connectivity index (χ0v) is 11.9. The van der Waals surface area contributed by atoms with Crippen LogP contribution >= 0.6 is 15.9 Å². The van der Waals surface area contributed by atoms with Crippen molar-refractivity contribution in [1.82, 2.24) is 10.2 Å². The molecule has 4 nitrogen and oxygen atoms in total. The van der Waals surface area contributed by atoms with Gasteiger partial charge in [-0.05, 0) is 47.0 Å². The first-order chi connectivity index (χ1) is 9.08. The fourth-order valence-corrected chi connectivity index (χ4v) is 2.53. The third kappa shape index (κ3) is 3.53. The first-order valence-corrected chi connectivity index (χ1v) is 6.88. The van der Waals surface area contributed by atoms with Gasteiger partial charge in [-0.25, -0.2) is 4.39 Å². The molecule has 1 saturated heterocycles. The van der Waals surface area contributed by atoms with Crippen molar-refractivity contribution in [1.29, 1.82) is 0 Å². The molecule has 0 aromatic heterocycles. The summed E-state index contributed by atoms with van der Waals surface area (Å²) in [5, 5.41) is 2.55. The summed E-state index contributed by atoms with van der Waals surface area (Å²) in [5.74, 6) is -0.889. The quantitative estimate of drug-likeness (QED) is 0.921. The summed E-state index contributed by atoms with van der Waals surface area (Å²) in [6.45, 7) is 1.49. The van der Waals surface area contributed by atoms with E-state index in [1.807, 2.05) is 0 Å². The van der Waals surface area contributed by atoms with Crippen LogP contribution in [0.2, 0.25) is 0 Å². The lowest BCUT2D eigenvalue weighted by molar-refractivity contribution is -0.129. The molecule has 0 spiro atoms. The second kappa shape index (κ2) is 6.14. The van der Waals surface area contributed by atoms with Crippen molar-refractivity contribution in [2.45, 2.75) is 12.8 Å². The second-order valence-corrected chi connectivity index (χ2v) is 5.25. The number of hydrogen-bond acceptors (Lipinski definition) is 2. The molecular formula is C13H14BrFN2O2. The predicted molar refractivity (Wildman–Crippen MR) is 72.2 cm³/mol. The first-order valence-electron chi connectivity index (χ1n) is 6.09. The van der Waals surface area contributed by atoms with Gasteiger partial charge in [0.25, 0.3) is 5.91 Å². The molecule has 0 unspecified atom stereocenters. The van der Waals surface area contributed by atoms with Crippen LogP contribution in [0.15, 0.2) is 22.7 Å². The highest BCUT2D eigenvalue weighted by atomic mass is 79.9. The normalized spacial score (nSPS) is 14.5. The van der Waals surface area contributed by atoms with Gasteiger partial charge >= 0.3 is 0 Å². The molecule has 6 heteroatoms. The van der Waals surface area contributed by atoms with Crippen molar-refractivity contribution in [3.8, 4) is 0 Å². The molecule has 0 atom stereocenters. The van der Waals surface area contributed by atoms with Gasteiger partial charge in [0.2, 0.25) is 5.91 Å². The van der Waals surface area contributed by atoms with Crippen molar-refractivity contribution in [2.75, 3.05) is 19.6 Å². The molecule has 1 N–H and O–H groups in total. The van der Waals surface area contributed by atoms with Crippen molar-refractivity contribution in [3.05, 3.63) is 34.1 Å². The number of carbonyl (C=O) groups excluding carboxylic acids is 2. The molecule has 0 bridgehead atoms. The highest BCUT2D eigenvalue weighted by Crippen LogP contribution is 2.17. The Hall–Kier alpha value is -1.43. The Balaban J connectivity index is 1.92. The standard InChI is InChI=1S/C13H14BrFN2O2/c14-11-7-9(15)3-4-10(11)13(19)16-8-12(18)17-5-1-2-6-17/h3-4,7H,1-2,5-6,8H2,(H,16,19). The molecule has 0 aliphatic carbocycles. The van der Waals surface area contributed by atoms with Gasteiger partial charge < -0.3 is 10.2 Å². The zero-order chi connectivity index (χ0) is 13.8. The summed E-state index contributed by atoms with van der Waals surface area (Å²) >= 11 is 3.12. The van der Waals surface area contributed by atoms with Crippen LogP contribution in [0, 0.1) is 5.82 Å². The first kappa shape index (κ1) is 14.0. The Bertz CT molecular complexity index is 501. The van der Waals surface area contributed by atoms with Gasteiger partial charge in [0.1, 0.15) is 5.82 Å². The van der Waals surface area contributed by atoms with Crippen LogP contribution in [-0.2, 0) is 4.79 Å². The SMILES string of the molecule is O=C(NCC(=O)N1CCCC1)c1ccc(F)cc1Br. The second-order valence-electron chi connectivity index (χ2n) is 4.39. The van der Waals surface area contributed by atoms with Gasteiger partial charge in [0.15, 0.2) is 0 Å². The molecule has 1 aromatic rings. The van der Waals surface area contributed by atoms with Gasteiger partial charge in [-0.1, -0.05) is 0 Å². The van der Waals surface area contributed by atoms with Crippen molar-refractivity contribution in [2.24, 2.45) is 0 Å². The molecule has 1 aliphatic heterocycles. The lowest BCUT2D eigenvalue weighted by Crippen LogP contribution is -2.38. The molecule has 2 amide bonds. The molecule has 1 aliphatic rings. The minimum Gasteiger partial charge on any atom is -0.343 e. The van der Waals surface area contributed by atoms with Gasteiger partial charge in [0, 0.05) is 17.6 Å². The van der Waals surface area contributed by atoms with E-state index in [1.54, 1.807) is 4.90 Å². The summed E-state index contributed by atoms with van der Waals surface area (Å²) < 4.78 is 13.3. The van der Waals surface area contributed by atoms with Gasteiger partial charge in [-0.15, -0.1) is 0 Å². The third-order valence-corrected chi connectivity index (χ3v) is 3.69. The Morgan fingerprint density at radius 2 is 2.00 bits per heavy atom. The van der Waals surface area contributed by atoms with E-state index in [1.165, 1.54) is 18.2 Å². The maximum absolute atomic E-state index is 12.9. The minimum atomic E-state index is -0.420. The highest BCUT2D eigenvalue weighted by Gasteiger charge is 2.19. The molecule has 1 fully saturated rings. The molecule has 2 rings (SSSR count). The lowest BCUT2D eigenvalue weighted by Gasteiger charge is -2.15. The van der Waals surface area contributed by atoms with E-state index in [2.05, 4.69) is 21.2 Å². The van der Waals surface area contributed by atoms with Crippen LogP contribution in [0.1, 0.15) is 23.2 Å². The Morgan fingerprint density at radius 3 is 2.63 bits per heavy atom. The largest absolute Gasteiger partial charge is 0.343 e. The molecule has 1 heterocycles. The number of nitrogens with zero attached hydrogens (tertiary/aromatic N) is 1. The zero-order valence-electron chi connectivity index (χ0n) is 10.3. The number of rotatable bonds is 3. The van der Waals surface area contributed by atoms with Crippen molar-refractivity contribution in [3.63, 3.8) is 0 Å². The number of amides is 2. The smallest absolute Gasteiger partial charge is 0.252 e. The average Bonchev–Trinajstić information content (AvgIpc) is 2.89. The van der Waals surface area contributed by atoms with Crippen LogP contribution in [0.4, 0.5) is 4.39 Å². The van der Waals surface area contributed by atoms with E-state index in [0.29, 0.717) is 10.0 Å². The fourth-order valence-electron chi connectivity index (χ4n) is 2.00. The van der Waals surface area contributed by atoms with Crippen LogP contribution in [0.25, 0.3) is 0 Å². The van der Waals surface area contributed by atoms with Gasteiger partial charge in [-0.3, -0.25) is 9.59 Å². The minimum absolute atomic E-state index is 0.0251. The summed E-state index contributed by atoms with van der Waals surface area (Å²) in [6, 6.07) is 3.81. The molecule has 0 radical (unpaired) electrons. The maximum Gasteiger partial charge on any atom is 0.252 e. The number of carbonyl (C=O) groups is 2. The van der Waals surface area contributed by atoms with E-state index in [4.69, 9.17) is 0 Å². The summed E-state index contributed by atoms with van der Waals surface area (Å²) in [7, 11) is 0. The van der Waals surface area contributed by atoms with E-state index in [9.17, 15) is 14.0 Å². The van der Waals surface area contributed by atoms with E-state index in [0.717, 1.165) is 25.9 Å². The number of benzene rings is 1. The van der Waals surface area contributed by atoms with Crippen LogP contribution in [0.3, 0.4) is 0 Å². The Kier molecular flexibility index (Phi) is 4.52. The number of nitrogens with one attached hydrogen (secondary N) is 1. The van der Waals surface area contributed by atoms with Gasteiger partial charge in [0.05, 0.1) is 12.1 Å². The lowest BCUT2D eigenvalue weighted by atomic mass is 10.2. The number of hydrogen-bond donors (Lipinski definition) is 1. The van der Waals surface area contributed by atoms with Gasteiger partial charge in [-0.2, -0.15) is 0 Å². The summed E-state index contributed by atoms with van der Waals surface area (Å²) in [4.78, 5) is 25.4. The Morgan fingerprint density at radius 1 is 1.32 bits per heavy atom. The van der Waals surface area contributed by atoms with Crippen LogP contribution < -0.4 is 5.32 Å². The molecular weight excluding hydrogens is 315 g/mol. The molecule has 102 valence electrons. The molecule has 1 aromatic carbocycles. The average molecular weight is 329 g/mol. The predicted octanol–water partition coefficient (Wildman–Crippen LogP) is 1.94.